The number of thiophene rings is 1. The molecule has 0 unspecified atom stereocenters. The van der Waals surface area contributed by atoms with Gasteiger partial charge in [-0.15, -0.1) is 11.3 Å². The zero-order valence-corrected chi connectivity index (χ0v) is 16.4. The highest BCUT2D eigenvalue weighted by molar-refractivity contribution is 7.85. The van der Waals surface area contributed by atoms with Crippen LogP contribution in [-0.2, 0) is 31.8 Å². The molecule has 7 heteroatoms. The third kappa shape index (κ3) is 6.60. The van der Waals surface area contributed by atoms with Gasteiger partial charge in [0.1, 0.15) is 6.61 Å². The van der Waals surface area contributed by atoms with E-state index in [0.29, 0.717) is 6.61 Å². The lowest BCUT2D eigenvalue weighted by Gasteiger charge is -2.36. The molecule has 0 radical (unpaired) electrons. The second-order valence-electron chi connectivity index (χ2n) is 6.75. The number of hydrogen-bond acceptors (Lipinski definition) is 5. The van der Waals surface area contributed by atoms with E-state index < -0.39 is 18.4 Å². The van der Waals surface area contributed by atoms with Gasteiger partial charge in [-0.05, 0) is 41.6 Å². The molecular formula is C14H26O4S2Si. The van der Waals surface area contributed by atoms with Gasteiger partial charge in [-0.25, -0.2) is 0 Å². The summed E-state index contributed by atoms with van der Waals surface area (Å²) >= 11 is 1.52. The molecule has 0 saturated heterocycles. The van der Waals surface area contributed by atoms with Crippen molar-refractivity contribution in [3.05, 3.63) is 21.9 Å². The van der Waals surface area contributed by atoms with Crippen LogP contribution in [0.25, 0.3) is 0 Å². The van der Waals surface area contributed by atoms with Gasteiger partial charge in [0, 0.05) is 11.5 Å². The van der Waals surface area contributed by atoms with Gasteiger partial charge in [-0.3, -0.25) is 4.18 Å². The molecule has 0 atom stereocenters. The minimum Gasteiger partial charge on any atom is -0.416 e. The van der Waals surface area contributed by atoms with Crippen molar-refractivity contribution >= 4 is 29.8 Å². The van der Waals surface area contributed by atoms with E-state index in [2.05, 4.69) is 33.9 Å². The van der Waals surface area contributed by atoms with Gasteiger partial charge in [0.05, 0.1) is 6.26 Å². The highest BCUT2D eigenvalue weighted by Crippen LogP contribution is 2.36. The number of hydrogen-bond donors (Lipinski definition) is 0. The van der Waals surface area contributed by atoms with Gasteiger partial charge in [0.15, 0.2) is 8.32 Å². The maximum absolute atomic E-state index is 11.0. The summed E-state index contributed by atoms with van der Waals surface area (Å²) in [6.07, 6.45) is 1.91. The second kappa shape index (κ2) is 6.91. The van der Waals surface area contributed by atoms with E-state index in [0.717, 1.165) is 17.6 Å². The normalized spacial score (nSPS) is 13.6. The zero-order valence-electron chi connectivity index (χ0n) is 13.7. The average molecular weight is 351 g/mol. The summed E-state index contributed by atoms with van der Waals surface area (Å²) in [5, 5.41) is 2.26. The largest absolute Gasteiger partial charge is 0.416 e. The molecule has 0 aliphatic carbocycles. The van der Waals surface area contributed by atoms with Crippen molar-refractivity contribution in [2.75, 3.05) is 12.9 Å². The Morgan fingerprint density at radius 3 is 2.43 bits per heavy atom. The second-order valence-corrected chi connectivity index (χ2v) is 14.2. The van der Waals surface area contributed by atoms with Crippen LogP contribution in [0, 0.1) is 0 Å². The number of rotatable bonds is 7. The molecule has 122 valence electrons. The van der Waals surface area contributed by atoms with Gasteiger partial charge >= 0.3 is 0 Å². The molecule has 0 aliphatic rings. The van der Waals surface area contributed by atoms with E-state index in [9.17, 15) is 8.42 Å². The van der Waals surface area contributed by atoms with Crippen molar-refractivity contribution in [3.8, 4) is 0 Å². The van der Waals surface area contributed by atoms with E-state index in [1.54, 1.807) is 0 Å². The third-order valence-corrected chi connectivity index (χ3v) is 9.83. The highest BCUT2D eigenvalue weighted by Gasteiger charge is 2.36. The molecule has 0 N–H and O–H groups in total. The summed E-state index contributed by atoms with van der Waals surface area (Å²) in [5.41, 5.74) is 1.17. The predicted octanol–water partition coefficient (Wildman–Crippen LogP) is 3.79. The van der Waals surface area contributed by atoms with Crippen molar-refractivity contribution in [3.63, 3.8) is 0 Å². The van der Waals surface area contributed by atoms with Crippen molar-refractivity contribution in [2.24, 2.45) is 0 Å². The van der Waals surface area contributed by atoms with Gasteiger partial charge < -0.3 is 4.43 Å². The topological polar surface area (TPSA) is 52.6 Å². The first-order valence-corrected chi connectivity index (χ1v) is 12.6. The Kier molecular flexibility index (Phi) is 6.20. The molecule has 1 aromatic heterocycles. The van der Waals surface area contributed by atoms with E-state index in [-0.39, 0.29) is 11.6 Å². The van der Waals surface area contributed by atoms with Crippen LogP contribution in [-0.4, -0.2) is 29.6 Å². The highest BCUT2D eigenvalue weighted by atomic mass is 32.2. The SMILES string of the molecule is CC(C)(C)[Si](C)(C)OCCc1csc(COS(C)(=O)=O)c1. The molecule has 0 spiro atoms. The van der Waals surface area contributed by atoms with Crippen LogP contribution in [0.4, 0.5) is 0 Å². The van der Waals surface area contributed by atoms with Crippen LogP contribution in [0.2, 0.25) is 18.1 Å². The molecule has 0 saturated carbocycles. The fourth-order valence-electron chi connectivity index (χ4n) is 1.44. The van der Waals surface area contributed by atoms with E-state index in [1.807, 2.05) is 11.4 Å². The fraction of sp³-hybridized carbons (Fsp3) is 0.714. The van der Waals surface area contributed by atoms with Crippen molar-refractivity contribution in [1.29, 1.82) is 0 Å². The molecule has 4 nitrogen and oxygen atoms in total. The molecule has 0 bridgehead atoms. The van der Waals surface area contributed by atoms with E-state index in [1.165, 1.54) is 16.9 Å². The van der Waals surface area contributed by atoms with Gasteiger partial charge in [0.2, 0.25) is 0 Å². The lowest BCUT2D eigenvalue weighted by atomic mass is 10.2. The third-order valence-electron chi connectivity index (χ3n) is 3.78. The Bertz CT molecular complexity index is 556. The van der Waals surface area contributed by atoms with E-state index in [4.69, 9.17) is 8.61 Å². The monoisotopic (exact) mass is 350 g/mol. The van der Waals surface area contributed by atoms with Crippen LogP contribution in [0.3, 0.4) is 0 Å². The van der Waals surface area contributed by atoms with Crippen molar-refractivity contribution < 1.29 is 17.0 Å². The van der Waals surface area contributed by atoms with Gasteiger partial charge in [0.25, 0.3) is 10.1 Å². The molecule has 0 aliphatic heterocycles. The summed E-state index contributed by atoms with van der Waals surface area (Å²) in [6.45, 7) is 12.0. The molecule has 1 aromatic rings. The molecule has 0 aromatic carbocycles. The van der Waals surface area contributed by atoms with Crippen molar-refractivity contribution in [2.45, 2.75) is 51.9 Å². The lowest BCUT2D eigenvalue weighted by Crippen LogP contribution is -2.41. The maximum Gasteiger partial charge on any atom is 0.264 e. The molecule has 0 amide bonds. The van der Waals surface area contributed by atoms with Gasteiger partial charge in [-0.1, -0.05) is 20.8 Å². The first-order chi connectivity index (χ1) is 9.41. The Labute approximate surface area is 133 Å². The maximum atomic E-state index is 11.0. The fourth-order valence-corrected chi connectivity index (χ4v) is 3.73. The molecule has 1 heterocycles. The van der Waals surface area contributed by atoms with Crippen LogP contribution in [0.15, 0.2) is 11.4 Å². The summed E-state index contributed by atoms with van der Waals surface area (Å²) in [6, 6.07) is 1.99. The summed E-state index contributed by atoms with van der Waals surface area (Å²) in [5.74, 6) is 0. The molecule has 21 heavy (non-hydrogen) atoms. The summed E-state index contributed by atoms with van der Waals surface area (Å²) in [4.78, 5) is 0.919. The quantitative estimate of drug-likeness (QED) is 0.554. The smallest absolute Gasteiger partial charge is 0.264 e. The first-order valence-electron chi connectivity index (χ1n) is 6.95. The molecular weight excluding hydrogens is 324 g/mol. The average Bonchev–Trinajstić information content (AvgIpc) is 2.71. The molecule has 1 rings (SSSR count). The molecule has 0 fully saturated rings. The van der Waals surface area contributed by atoms with Crippen LogP contribution >= 0.6 is 11.3 Å². The van der Waals surface area contributed by atoms with Crippen LogP contribution < -0.4 is 0 Å². The Balaban J connectivity index is 2.46. The van der Waals surface area contributed by atoms with Gasteiger partial charge in [-0.2, -0.15) is 8.42 Å². The Morgan fingerprint density at radius 2 is 1.90 bits per heavy atom. The lowest BCUT2D eigenvalue weighted by molar-refractivity contribution is 0.292. The predicted molar refractivity (Wildman–Crippen MR) is 90.8 cm³/mol. The minimum atomic E-state index is -3.38. The van der Waals surface area contributed by atoms with Crippen molar-refractivity contribution in [1.82, 2.24) is 0 Å². The summed E-state index contributed by atoms with van der Waals surface area (Å²) < 4.78 is 32.8. The Hall–Kier alpha value is -0.213. The standard InChI is InChI=1S/C14H26O4S2Si/c1-14(2,3)21(5,6)18-8-7-12-9-13(19-11-12)10-17-20(4,15)16/h9,11H,7-8,10H2,1-6H3. The summed E-state index contributed by atoms with van der Waals surface area (Å²) in [7, 11) is -5.07. The zero-order chi connectivity index (χ0) is 16.3. The first kappa shape index (κ1) is 18.8. The Morgan fingerprint density at radius 1 is 1.29 bits per heavy atom. The van der Waals surface area contributed by atoms with Crippen LogP contribution in [0.1, 0.15) is 31.2 Å². The van der Waals surface area contributed by atoms with Crippen LogP contribution in [0.5, 0.6) is 0 Å². The minimum absolute atomic E-state index is 0.118. The van der Waals surface area contributed by atoms with E-state index >= 15 is 0 Å².